The maximum absolute atomic E-state index is 13.3. The van der Waals surface area contributed by atoms with E-state index in [9.17, 15) is 14.7 Å². The number of aliphatic hydroxyl groups is 1. The fourth-order valence-corrected chi connectivity index (χ4v) is 4.21. The fourth-order valence-electron chi connectivity index (χ4n) is 4.21. The average Bonchev–Trinajstić information content (AvgIpc) is 3.10. The molecule has 1 atom stereocenters. The lowest BCUT2D eigenvalue weighted by atomic mass is 9.92. The number of amides is 1. The first kappa shape index (κ1) is 23.1. The summed E-state index contributed by atoms with van der Waals surface area (Å²) in [7, 11) is 0. The van der Waals surface area contributed by atoms with E-state index in [0.717, 1.165) is 11.1 Å². The summed E-state index contributed by atoms with van der Waals surface area (Å²) < 4.78 is 11.1. The van der Waals surface area contributed by atoms with Gasteiger partial charge in [0.05, 0.1) is 24.8 Å². The molecule has 3 aromatic carbocycles. The Labute approximate surface area is 199 Å². The van der Waals surface area contributed by atoms with Gasteiger partial charge in [-0.15, -0.1) is 0 Å². The zero-order chi connectivity index (χ0) is 24.2. The van der Waals surface area contributed by atoms with Crippen LogP contribution < -0.4 is 14.4 Å². The number of benzene rings is 3. The van der Waals surface area contributed by atoms with Gasteiger partial charge in [0.1, 0.15) is 17.3 Å². The normalized spacial score (nSPS) is 17.1. The molecule has 1 unspecified atom stereocenters. The number of hydrogen-bond donors (Lipinski definition) is 1. The number of rotatable bonds is 7. The van der Waals surface area contributed by atoms with E-state index in [1.165, 1.54) is 4.90 Å². The molecule has 0 aliphatic carbocycles. The second-order valence-corrected chi connectivity index (χ2v) is 7.91. The van der Waals surface area contributed by atoms with E-state index in [1.807, 2.05) is 45.0 Å². The summed E-state index contributed by atoms with van der Waals surface area (Å²) in [6.07, 6.45) is 0. The third-order valence-corrected chi connectivity index (χ3v) is 5.77. The van der Waals surface area contributed by atoms with Crippen molar-refractivity contribution in [2.45, 2.75) is 26.8 Å². The average molecular weight is 458 g/mol. The standard InChI is InChI=1S/C28H27NO5/c1-4-33-21-15-13-19(14-16-21)26(30)24-25(23-12-7-6-9-18(23)3)29(28(32)27(24)31)20-10-8-11-22(17-20)34-5-2/h6-17,25,30H,4-5H2,1-3H3/b26-24+. The quantitative estimate of drug-likeness (QED) is 0.291. The SMILES string of the molecule is CCOc1ccc(/C(O)=C2\C(=O)C(=O)N(c3cccc(OCC)c3)C2c2ccccc2C)cc1. The molecule has 1 aliphatic rings. The second-order valence-electron chi connectivity index (χ2n) is 7.91. The van der Waals surface area contributed by atoms with Gasteiger partial charge in [0, 0.05) is 17.3 Å². The van der Waals surface area contributed by atoms with Crippen LogP contribution in [0.2, 0.25) is 0 Å². The van der Waals surface area contributed by atoms with Crippen LogP contribution in [0, 0.1) is 6.92 Å². The molecule has 1 N–H and O–H groups in total. The predicted molar refractivity (Wildman–Crippen MR) is 131 cm³/mol. The summed E-state index contributed by atoms with van der Waals surface area (Å²) in [5.74, 6) is -0.409. The van der Waals surface area contributed by atoms with Gasteiger partial charge in [-0.2, -0.15) is 0 Å². The Morgan fingerprint density at radius 2 is 1.56 bits per heavy atom. The van der Waals surface area contributed by atoms with Crippen molar-refractivity contribution in [3.05, 3.63) is 95.1 Å². The number of ether oxygens (including phenoxy) is 2. The molecule has 6 heteroatoms. The highest BCUT2D eigenvalue weighted by atomic mass is 16.5. The number of Topliss-reactive ketones (excluding diaryl/α,β-unsaturated/α-hetero) is 1. The molecule has 3 aromatic rings. The second kappa shape index (κ2) is 9.83. The number of ketones is 1. The van der Waals surface area contributed by atoms with Crippen molar-refractivity contribution in [2.75, 3.05) is 18.1 Å². The van der Waals surface area contributed by atoms with Gasteiger partial charge in [-0.3, -0.25) is 14.5 Å². The molecule has 6 nitrogen and oxygen atoms in total. The Morgan fingerprint density at radius 3 is 2.24 bits per heavy atom. The largest absolute Gasteiger partial charge is 0.507 e. The zero-order valence-corrected chi connectivity index (χ0v) is 19.4. The lowest BCUT2D eigenvalue weighted by molar-refractivity contribution is -0.132. The Morgan fingerprint density at radius 1 is 0.882 bits per heavy atom. The number of anilines is 1. The summed E-state index contributed by atoms with van der Waals surface area (Å²) in [6, 6.07) is 20.6. The van der Waals surface area contributed by atoms with E-state index in [2.05, 4.69) is 0 Å². The van der Waals surface area contributed by atoms with Crippen LogP contribution in [-0.4, -0.2) is 30.0 Å². The van der Waals surface area contributed by atoms with E-state index in [4.69, 9.17) is 9.47 Å². The van der Waals surface area contributed by atoms with Crippen LogP contribution in [0.25, 0.3) is 5.76 Å². The number of carbonyl (C=O) groups is 2. The van der Waals surface area contributed by atoms with Crippen LogP contribution >= 0.6 is 0 Å². The first-order valence-corrected chi connectivity index (χ1v) is 11.3. The number of nitrogens with zero attached hydrogens (tertiary/aromatic N) is 1. The Bertz CT molecular complexity index is 1250. The lowest BCUT2D eigenvalue weighted by Gasteiger charge is -2.27. The van der Waals surface area contributed by atoms with Gasteiger partial charge in [-0.25, -0.2) is 0 Å². The van der Waals surface area contributed by atoms with Crippen molar-refractivity contribution in [2.24, 2.45) is 0 Å². The van der Waals surface area contributed by atoms with Gasteiger partial charge in [0.15, 0.2) is 0 Å². The highest BCUT2D eigenvalue weighted by molar-refractivity contribution is 6.51. The summed E-state index contributed by atoms with van der Waals surface area (Å²) >= 11 is 0. The van der Waals surface area contributed by atoms with Crippen molar-refractivity contribution in [1.82, 2.24) is 0 Å². The molecule has 1 amide bonds. The molecular weight excluding hydrogens is 430 g/mol. The van der Waals surface area contributed by atoms with Crippen LogP contribution in [0.4, 0.5) is 5.69 Å². The highest BCUT2D eigenvalue weighted by Crippen LogP contribution is 2.43. The number of carbonyl (C=O) groups excluding carboxylic acids is 2. The van der Waals surface area contributed by atoms with Crippen molar-refractivity contribution in [1.29, 1.82) is 0 Å². The van der Waals surface area contributed by atoms with Gasteiger partial charge >= 0.3 is 0 Å². The molecule has 1 fully saturated rings. The first-order valence-electron chi connectivity index (χ1n) is 11.3. The van der Waals surface area contributed by atoms with Gasteiger partial charge in [0.2, 0.25) is 0 Å². The molecule has 0 bridgehead atoms. The van der Waals surface area contributed by atoms with E-state index >= 15 is 0 Å². The van der Waals surface area contributed by atoms with Crippen molar-refractivity contribution in [3.63, 3.8) is 0 Å². The van der Waals surface area contributed by atoms with Crippen LogP contribution in [0.5, 0.6) is 11.5 Å². The minimum atomic E-state index is -0.787. The fraction of sp³-hybridized carbons (Fsp3) is 0.214. The molecule has 1 aliphatic heterocycles. The molecule has 1 heterocycles. The molecule has 174 valence electrons. The van der Waals surface area contributed by atoms with Gasteiger partial charge in [-0.1, -0.05) is 30.3 Å². The minimum Gasteiger partial charge on any atom is -0.507 e. The number of aliphatic hydroxyl groups excluding tert-OH is 1. The van der Waals surface area contributed by atoms with Crippen LogP contribution in [-0.2, 0) is 9.59 Å². The molecule has 34 heavy (non-hydrogen) atoms. The number of aryl methyl sites for hydroxylation is 1. The molecular formula is C28H27NO5. The van der Waals surface area contributed by atoms with Crippen molar-refractivity contribution >= 4 is 23.1 Å². The summed E-state index contributed by atoms with van der Waals surface area (Å²) in [5.41, 5.74) is 2.66. The van der Waals surface area contributed by atoms with Crippen LogP contribution in [0.1, 0.15) is 36.6 Å². The number of hydrogen-bond acceptors (Lipinski definition) is 5. The van der Waals surface area contributed by atoms with E-state index in [-0.39, 0.29) is 11.3 Å². The predicted octanol–water partition coefficient (Wildman–Crippen LogP) is 5.42. The third-order valence-electron chi connectivity index (χ3n) is 5.77. The van der Waals surface area contributed by atoms with E-state index < -0.39 is 17.7 Å². The summed E-state index contributed by atoms with van der Waals surface area (Å²) in [6.45, 7) is 6.68. The Hall–Kier alpha value is -4.06. The molecule has 1 saturated heterocycles. The molecule has 0 radical (unpaired) electrons. The maximum Gasteiger partial charge on any atom is 0.300 e. The molecule has 0 spiro atoms. The van der Waals surface area contributed by atoms with Crippen molar-refractivity contribution in [3.8, 4) is 11.5 Å². The third kappa shape index (κ3) is 4.27. The molecule has 4 rings (SSSR count). The summed E-state index contributed by atoms with van der Waals surface area (Å²) in [4.78, 5) is 28.1. The van der Waals surface area contributed by atoms with Crippen molar-refractivity contribution < 1.29 is 24.2 Å². The maximum atomic E-state index is 13.3. The Balaban J connectivity index is 1.89. The monoisotopic (exact) mass is 457 g/mol. The van der Waals surface area contributed by atoms with Crippen LogP contribution in [0.15, 0.2) is 78.4 Å². The van der Waals surface area contributed by atoms with Gasteiger partial charge < -0.3 is 14.6 Å². The topological polar surface area (TPSA) is 76.1 Å². The smallest absolute Gasteiger partial charge is 0.300 e. The zero-order valence-electron chi connectivity index (χ0n) is 19.4. The highest BCUT2D eigenvalue weighted by Gasteiger charge is 2.47. The summed E-state index contributed by atoms with van der Waals surface area (Å²) in [5, 5.41) is 11.3. The lowest BCUT2D eigenvalue weighted by Crippen LogP contribution is -2.29. The van der Waals surface area contributed by atoms with Gasteiger partial charge in [0.25, 0.3) is 11.7 Å². The molecule has 0 saturated carbocycles. The molecule has 0 aromatic heterocycles. The van der Waals surface area contributed by atoms with E-state index in [0.29, 0.717) is 36.0 Å². The van der Waals surface area contributed by atoms with E-state index in [1.54, 1.807) is 48.5 Å². The Kier molecular flexibility index (Phi) is 6.68. The van der Waals surface area contributed by atoms with Gasteiger partial charge in [-0.05, 0) is 68.3 Å². The van der Waals surface area contributed by atoms with Crippen LogP contribution in [0.3, 0.4) is 0 Å². The first-order chi connectivity index (χ1) is 16.5. The minimum absolute atomic E-state index is 0.0465.